The van der Waals surface area contributed by atoms with Crippen LogP contribution in [0.4, 0.5) is 0 Å². The maximum Gasteiger partial charge on any atom is 0.308 e. The molecule has 0 atom stereocenters. The zero-order valence-corrected chi connectivity index (χ0v) is 13.0. The fraction of sp³-hybridized carbons (Fsp3) is 0.235. The molecule has 116 valence electrons. The number of hydrogen-bond donors (Lipinski definition) is 0. The molecular formula is C17H17ClO4. The maximum absolute atomic E-state index is 11.0. The molecule has 0 saturated carbocycles. The van der Waals surface area contributed by atoms with Crippen LogP contribution in [0.1, 0.15) is 12.0 Å². The van der Waals surface area contributed by atoms with Crippen LogP contribution in [0.25, 0.3) is 0 Å². The third-order valence-corrected chi connectivity index (χ3v) is 3.20. The molecule has 0 aliphatic rings. The van der Waals surface area contributed by atoms with Crippen molar-refractivity contribution in [3.63, 3.8) is 0 Å². The number of carbonyl (C=O) groups excluding carboxylic acids is 1. The quantitative estimate of drug-likeness (QED) is 0.727. The van der Waals surface area contributed by atoms with Crippen LogP contribution in [0, 0.1) is 0 Å². The highest BCUT2D eigenvalue weighted by Crippen LogP contribution is 2.19. The zero-order chi connectivity index (χ0) is 15.8. The molecule has 0 aliphatic carbocycles. The largest absolute Gasteiger partial charge is 0.493 e. The predicted molar refractivity (Wildman–Crippen MR) is 84.4 cm³/mol. The summed E-state index contributed by atoms with van der Waals surface area (Å²) in [6, 6.07) is 14.8. The molecular weight excluding hydrogens is 304 g/mol. The van der Waals surface area contributed by atoms with Gasteiger partial charge in [0.05, 0.1) is 20.1 Å². The van der Waals surface area contributed by atoms with E-state index in [1.807, 2.05) is 36.4 Å². The van der Waals surface area contributed by atoms with Crippen LogP contribution in [0.5, 0.6) is 11.5 Å². The topological polar surface area (TPSA) is 44.8 Å². The molecule has 2 aromatic carbocycles. The van der Waals surface area contributed by atoms with Gasteiger partial charge in [0, 0.05) is 5.02 Å². The summed E-state index contributed by atoms with van der Waals surface area (Å²) in [6.45, 7) is 0.761. The Morgan fingerprint density at radius 3 is 2.14 bits per heavy atom. The van der Waals surface area contributed by atoms with Crippen LogP contribution in [0.15, 0.2) is 48.5 Å². The van der Waals surface area contributed by atoms with Gasteiger partial charge in [-0.3, -0.25) is 4.79 Å². The molecule has 4 nitrogen and oxygen atoms in total. The summed E-state index contributed by atoms with van der Waals surface area (Å²) in [6.07, 6.45) is 0.227. The minimum atomic E-state index is -0.289. The summed E-state index contributed by atoms with van der Waals surface area (Å²) < 4.78 is 15.7. The minimum absolute atomic E-state index is 0.227. The van der Waals surface area contributed by atoms with Crippen molar-refractivity contribution in [3.8, 4) is 11.5 Å². The van der Waals surface area contributed by atoms with Gasteiger partial charge in [-0.2, -0.15) is 0 Å². The van der Waals surface area contributed by atoms with Gasteiger partial charge in [0.1, 0.15) is 18.1 Å². The lowest BCUT2D eigenvalue weighted by molar-refractivity contribution is -0.141. The molecule has 0 radical (unpaired) electrons. The van der Waals surface area contributed by atoms with E-state index in [0.717, 1.165) is 11.3 Å². The first kappa shape index (κ1) is 16.2. The van der Waals surface area contributed by atoms with Crippen LogP contribution in [0.2, 0.25) is 5.02 Å². The molecule has 0 fully saturated rings. The van der Waals surface area contributed by atoms with Gasteiger partial charge in [0.25, 0.3) is 0 Å². The monoisotopic (exact) mass is 320 g/mol. The van der Waals surface area contributed by atoms with Gasteiger partial charge in [-0.25, -0.2) is 0 Å². The molecule has 2 aromatic rings. The molecule has 5 heteroatoms. The highest BCUT2D eigenvalue weighted by Gasteiger charge is 2.02. The van der Waals surface area contributed by atoms with Gasteiger partial charge in [-0.05, 0) is 42.0 Å². The summed E-state index contributed by atoms with van der Waals surface area (Å²) in [4.78, 5) is 11.0. The van der Waals surface area contributed by atoms with E-state index >= 15 is 0 Å². The lowest BCUT2D eigenvalue weighted by atomic mass is 10.2. The lowest BCUT2D eigenvalue weighted by Gasteiger charge is -2.08. The summed E-state index contributed by atoms with van der Waals surface area (Å²) in [7, 11) is 1.36. The Morgan fingerprint density at radius 2 is 1.55 bits per heavy atom. The molecule has 0 unspecified atom stereocenters. The van der Waals surface area contributed by atoms with Crippen molar-refractivity contribution in [1.82, 2.24) is 0 Å². The molecule has 0 heterocycles. The van der Waals surface area contributed by atoms with Gasteiger partial charge in [0.15, 0.2) is 0 Å². The molecule has 0 bridgehead atoms. The smallest absolute Gasteiger partial charge is 0.308 e. The normalized spacial score (nSPS) is 10.1. The Bertz CT molecular complexity index is 593. The molecule has 0 saturated heterocycles. The van der Waals surface area contributed by atoms with E-state index in [1.54, 1.807) is 12.1 Å². The Kier molecular flexibility index (Phi) is 6.10. The first-order valence-corrected chi connectivity index (χ1v) is 7.22. The second kappa shape index (κ2) is 8.29. The number of methoxy groups -OCH3 is 1. The molecule has 0 aliphatic heterocycles. The van der Waals surface area contributed by atoms with Crippen molar-refractivity contribution in [2.45, 2.75) is 13.0 Å². The fourth-order valence-electron chi connectivity index (χ4n) is 1.73. The summed E-state index contributed by atoms with van der Waals surface area (Å²) >= 11 is 5.83. The molecule has 0 N–H and O–H groups in total. The number of esters is 1. The van der Waals surface area contributed by atoms with Crippen molar-refractivity contribution < 1.29 is 19.0 Å². The van der Waals surface area contributed by atoms with Gasteiger partial charge >= 0.3 is 5.97 Å². The summed E-state index contributed by atoms with van der Waals surface area (Å²) in [5.74, 6) is 1.14. The summed E-state index contributed by atoms with van der Waals surface area (Å²) in [5.41, 5.74) is 1.04. The maximum atomic E-state index is 11.0. The third kappa shape index (κ3) is 5.30. The average molecular weight is 321 g/mol. The van der Waals surface area contributed by atoms with Gasteiger partial charge in [-0.1, -0.05) is 23.7 Å². The fourth-order valence-corrected chi connectivity index (χ4v) is 1.86. The second-order valence-corrected chi connectivity index (χ2v) is 5.00. The standard InChI is InChI=1S/C17H17ClO4/c1-20-17(19)10-11-21-15-6-8-16(9-7-15)22-12-13-2-4-14(18)5-3-13/h2-9H,10-12H2,1H3. The Labute approximate surface area is 134 Å². The molecule has 0 amide bonds. The van der Waals surface area contributed by atoms with E-state index in [0.29, 0.717) is 17.4 Å². The van der Waals surface area contributed by atoms with Crippen LogP contribution in [0.3, 0.4) is 0 Å². The zero-order valence-electron chi connectivity index (χ0n) is 12.3. The number of hydrogen-bond acceptors (Lipinski definition) is 4. The van der Waals surface area contributed by atoms with Crippen LogP contribution < -0.4 is 9.47 Å². The number of rotatable bonds is 7. The van der Waals surface area contributed by atoms with E-state index in [9.17, 15) is 4.79 Å². The first-order valence-electron chi connectivity index (χ1n) is 6.84. The SMILES string of the molecule is COC(=O)CCOc1ccc(OCc2ccc(Cl)cc2)cc1. The van der Waals surface area contributed by atoms with E-state index < -0.39 is 0 Å². The highest BCUT2D eigenvalue weighted by molar-refractivity contribution is 6.30. The Hall–Kier alpha value is -2.20. The third-order valence-electron chi connectivity index (χ3n) is 2.95. The van der Waals surface area contributed by atoms with Crippen LogP contribution >= 0.6 is 11.6 Å². The van der Waals surface area contributed by atoms with Gasteiger partial charge < -0.3 is 14.2 Å². The average Bonchev–Trinajstić information content (AvgIpc) is 2.55. The minimum Gasteiger partial charge on any atom is -0.493 e. The number of benzene rings is 2. The van der Waals surface area contributed by atoms with E-state index in [2.05, 4.69) is 4.74 Å². The Balaban J connectivity index is 1.79. The second-order valence-electron chi connectivity index (χ2n) is 4.56. The Morgan fingerprint density at radius 1 is 0.955 bits per heavy atom. The van der Waals surface area contributed by atoms with E-state index in [-0.39, 0.29) is 19.0 Å². The van der Waals surface area contributed by atoms with Crippen molar-refractivity contribution >= 4 is 17.6 Å². The van der Waals surface area contributed by atoms with Crippen molar-refractivity contribution in [1.29, 1.82) is 0 Å². The van der Waals surface area contributed by atoms with E-state index in [1.165, 1.54) is 7.11 Å². The highest BCUT2D eigenvalue weighted by atomic mass is 35.5. The molecule has 22 heavy (non-hydrogen) atoms. The first-order chi connectivity index (χ1) is 10.7. The van der Waals surface area contributed by atoms with E-state index in [4.69, 9.17) is 21.1 Å². The van der Waals surface area contributed by atoms with Crippen molar-refractivity contribution in [2.24, 2.45) is 0 Å². The van der Waals surface area contributed by atoms with Crippen LogP contribution in [-0.2, 0) is 16.1 Å². The number of halogens is 1. The van der Waals surface area contributed by atoms with Gasteiger partial charge in [-0.15, -0.1) is 0 Å². The number of carbonyl (C=O) groups is 1. The molecule has 2 rings (SSSR count). The summed E-state index contributed by atoms with van der Waals surface area (Å²) in [5, 5.41) is 0.706. The molecule has 0 spiro atoms. The van der Waals surface area contributed by atoms with Gasteiger partial charge in [0.2, 0.25) is 0 Å². The lowest BCUT2D eigenvalue weighted by Crippen LogP contribution is -2.07. The van der Waals surface area contributed by atoms with Crippen LogP contribution in [-0.4, -0.2) is 19.7 Å². The molecule has 0 aromatic heterocycles. The number of ether oxygens (including phenoxy) is 3. The predicted octanol–water partition coefficient (Wildman–Crippen LogP) is 3.86. The van der Waals surface area contributed by atoms with Crippen molar-refractivity contribution in [2.75, 3.05) is 13.7 Å². The van der Waals surface area contributed by atoms with Crippen molar-refractivity contribution in [3.05, 3.63) is 59.1 Å².